The van der Waals surface area contributed by atoms with E-state index in [4.69, 9.17) is 9.84 Å². The minimum Gasteiger partial charge on any atom is -0.491 e. The second-order valence-electron chi connectivity index (χ2n) is 5.54. The summed E-state index contributed by atoms with van der Waals surface area (Å²) < 4.78 is 5.42. The highest BCUT2D eigenvalue weighted by Gasteiger charge is 2.36. The summed E-state index contributed by atoms with van der Waals surface area (Å²) in [5.74, 6) is 0.644. The summed E-state index contributed by atoms with van der Waals surface area (Å²) in [5.41, 5.74) is 0.232. The maximum absolute atomic E-state index is 9.93. The maximum Gasteiger partial charge on any atom is 0.119 e. The molecule has 7 nitrogen and oxygen atoms in total. The highest BCUT2D eigenvalue weighted by atomic mass is 16.5. The van der Waals surface area contributed by atoms with E-state index in [1.54, 1.807) is 12.1 Å². The molecule has 1 aliphatic carbocycles. The summed E-state index contributed by atoms with van der Waals surface area (Å²) in [4.78, 5) is 0. The van der Waals surface area contributed by atoms with E-state index >= 15 is 0 Å². The van der Waals surface area contributed by atoms with Crippen LogP contribution >= 0.6 is 0 Å². The van der Waals surface area contributed by atoms with Crippen LogP contribution < -0.4 is 10.1 Å². The van der Waals surface area contributed by atoms with Crippen LogP contribution in [0.15, 0.2) is 42.0 Å². The van der Waals surface area contributed by atoms with Gasteiger partial charge in [-0.3, -0.25) is 0 Å². The summed E-state index contributed by atoms with van der Waals surface area (Å²) >= 11 is 0. The van der Waals surface area contributed by atoms with E-state index in [-0.39, 0.29) is 18.7 Å². The molecule has 0 saturated carbocycles. The Bertz CT molecular complexity index is 509. The molecule has 0 bridgehead atoms. The lowest BCUT2D eigenvalue weighted by Crippen LogP contribution is -2.55. The molecule has 0 fully saturated rings. The lowest BCUT2D eigenvalue weighted by atomic mass is 9.88. The van der Waals surface area contributed by atoms with E-state index in [0.29, 0.717) is 5.75 Å². The van der Waals surface area contributed by atoms with Crippen LogP contribution in [0.1, 0.15) is 0 Å². The lowest BCUT2D eigenvalue weighted by Gasteiger charge is -2.35. The summed E-state index contributed by atoms with van der Waals surface area (Å²) in [6.45, 7) is -0.225. The van der Waals surface area contributed by atoms with Crippen molar-refractivity contribution in [3.8, 4) is 5.75 Å². The number of benzene rings is 1. The average molecular weight is 325 g/mol. The van der Waals surface area contributed by atoms with Crippen LogP contribution in [-0.4, -0.2) is 75.7 Å². The van der Waals surface area contributed by atoms with Crippen molar-refractivity contribution in [2.75, 3.05) is 19.8 Å². The van der Waals surface area contributed by atoms with E-state index in [1.807, 2.05) is 18.2 Å². The second-order valence-corrected chi connectivity index (χ2v) is 5.54. The van der Waals surface area contributed by atoms with E-state index in [9.17, 15) is 20.4 Å². The molecule has 1 aliphatic rings. The Balaban J connectivity index is 1.83. The van der Waals surface area contributed by atoms with Crippen LogP contribution in [0.4, 0.5) is 0 Å². The van der Waals surface area contributed by atoms with E-state index < -0.39 is 37.1 Å². The normalized spacial score (nSPS) is 29.0. The van der Waals surface area contributed by atoms with Crippen LogP contribution in [0.2, 0.25) is 0 Å². The first kappa shape index (κ1) is 17.9. The molecule has 23 heavy (non-hydrogen) atoms. The van der Waals surface area contributed by atoms with Crippen molar-refractivity contribution in [1.29, 1.82) is 0 Å². The molecule has 0 heterocycles. The van der Waals surface area contributed by atoms with Gasteiger partial charge in [0.15, 0.2) is 0 Å². The van der Waals surface area contributed by atoms with Gasteiger partial charge in [0.25, 0.3) is 0 Å². The molecular weight excluding hydrogens is 302 g/mol. The summed E-state index contributed by atoms with van der Waals surface area (Å²) in [7, 11) is 0. The lowest BCUT2D eigenvalue weighted by molar-refractivity contribution is -0.0653. The third kappa shape index (κ3) is 4.74. The molecule has 0 amide bonds. The van der Waals surface area contributed by atoms with Crippen molar-refractivity contribution in [2.24, 2.45) is 0 Å². The average Bonchev–Trinajstić information content (AvgIpc) is 2.58. The molecule has 1 aromatic carbocycles. The number of rotatable bonds is 7. The standard InChI is InChI=1S/C16H23NO6/c18-8-10-6-13(15(21)16(22)14(10)20)17-7-11(19)9-23-12-4-2-1-3-5-12/h1-6,11,13-22H,7-9H2. The van der Waals surface area contributed by atoms with Gasteiger partial charge in [-0.15, -0.1) is 0 Å². The van der Waals surface area contributed by atoms with Gasteiger partial charge in [-0.1, -0.05) is 24.3 Å². The van der Waals surface area contributed by atoms with Crippen LogP contribution in [0, 0.1) is 0 Å². The zero-order valence-corrected chi connectivity index (χ0v) is 12.6. The molecule has 5 unspecified atom stereocenters. The molecule has 128 valence electrons. The molecule has 2 rings (SSSR count). The van der Waals surface area contributed by atoms with Gasteiger partial charge >= 0.3 is 0 Å². The minimum atomic E-state index is -1.39. The van der Waals surface area contributed by atoms with Gasteiger partial charge in [0.1, 0.15) is 36.8 Å². The van der Waals surface area contributed by atoms with Gasteiger partial charge in [-0.05, 0) is 17.7 Å². The van der Waals surface area contributed by atoms with Crippen molar-refractivity contribution in [3.63, 3.8) is 0 Å². The Kier molecular flexibility index (Phi) is 6.52. The monoisotopic (exact) mass is 325 g/mol. The molecular formula is C16H23NO6. The second kappa shape index (κ2) is 8.39. The Morgan fingerprint density at radius 1 is 1.09 bits per heavy atom. The Labute approximate surface area is 134 Å². The molecule has 5 atom stereocenters. The predicted octanol–water partition coefficient (Wildman–Crippen LogP) is -1.60. The summed E-state index contributed by atoms with van der Waals surface area (Å²) in [5, 5.41) is 51.3. The van der Waals surface area contributed by atoms with Gasteiger partial charge in [0.05, 0.1) is 12.6 Å². The fourth-order valence-corrected chi connectivity index (χ4v) is 2.41. The van der Waals surface area contributed by atoms with Crippen molar-refractivity contribution in [1.82, 2.24) is 5.32 Å². The Hall–Kier alpha value is -1.48. The zero-order valence-electron chi connectivity index (χ0n) is 12.6. The number of ether oxygens (including phenoxy) is 1. The molecule has 7 heteroatoms. The third-order valence-electron chi connectivity index (χ3n) is 3.77. The number of hydrogen-bond donors (Lipinski definition) is 6. The van der Waals surface area contributed by atoms with E-state index in [0.717, 1.165) is 0 Å². The van der Waals surface area contributed by atoms with Gasteiger partial charge in [0, 0.05) is 6.54 Å². The molecule has 1 aromatic rings. The zero-order chi connectivity index (χ0) is 16.8. The number of para-hydroxylation sites is 1. The first-order valence-corrected chi connectivity index (χ1v) is 7.48. The molecule has 0 radical (unpaired) electrons. The number of hydrogen-bond acceptors (Lipinski definition) is 7. The van der Waals surface area contributed by atoms with Crippen LogP contribution in [0.5, 0.6) is 5.75 Å². The molecule has 0 saturated heterocycles. The fourth-order valence-electron chi connectivity index (χ4n) is 2.41. The topological polar surface area (TPSA) is 122 Å². The van der Waals surface area contributed by atoms with Crippen molar-refractivity contribution < 1.29 is 30.3 Å². The van der Waals surface area contributed by atoms with Crippen molar-refractivity contribution >= 4 is 0 Å². The van der Waals surface area contributed by atoms with Crippen molar-refractivity contribution in [3.05, 3.63) is 42.0 Å². The number of nitrogens with one attached hydrogen (secondary N) is 1. The summed E-state index contributed by atoms with van der Waals surface area (Å²) in [6.07, 6.45) is -3.27. The van der Waals surface area contributed by atoms with E-state index in [2.05, 4.69) is 5.32 Å². The van der Waals surface area contributed by atoms with Crippen LogP contribution in [0.25, 0.3) is 0 Å². The predicted molar refractivity (Wildman–Crippen MR) is 82.9 cm³/mol. The highest BCUT2D eigenvalue weighted by Crippen LogP contribution is 2.20. The quantitative estimate of drug-likeness (QED) is 0.334. The smallest absolute Gasteiger partial charge is 0.119 e. The van der Waals surface area contributed by atoms with Gasteiger partial charge in [0.2, 0.25) is 0 Å². The molecule has 0 aliphatic heterocycles. The van der Waals surface area contributed by atoms with E-state index in [1.165, 1.54) is 6.08 Å². The van der Waals surface area contributed by atoms with Gasteiger partial charge < -0.3 is 35.6 Å². The Morgan fingerprint density at radius 2 is 1.78 bits per heavy atom. The van der Waals surface area contributed by atoms with Gasteiger partial charge in [-0.25, -0.2) is 0 Å². The number of aliphatic hydroxyl groups excluding tert-OH is 5. The number of aliphatic hydroxyl groups is 5. The van der Waals surface area contributed by atoms with Gasteiger partial charge in [-0.2, -0.15) is 0 Å². The van der Waals surface area contributed by atoms with Crippen LogP contribution in [0.3, 0.4) is 0 Å². The Morgan fingerprint density at radius 3 is 2.43 bits per heavy atom. The molecule has 6 N–H and O–H groups in total. The molecule has 0 spiro atoms. The summed E-state index contributed by atoms with van der Waals surface area (Å²) in [6, 6.07) is 8.39. The fraction of sp³-hybridized carbons (Fsp3) is 0.500. The SMILES string of the molecule is OCC1=CC(NCC(O)COc2ccccc2)C(O)C(O)C1O. The van der Waals surface area contributed by atoms with Crippen LogP contribution in [-0.2, 0) is 0 Å². The largest absolute Gasteiger partial charge is 0.491 e. The van der Waals surface area contributed by atoms with Crippen molar-refractivity contribution in [2.45, 2.75) is 30.5 Å². The minimum absolute atomic E-state index is 0.0710. The third-order valence-corrected chi connectivity index (χ3v) is 3.77. The first-order chi connectivity index (χ1) is 11.0. The first-order valence-electron chi connectivity index (χ1n) is 7.48. The molecule has 0 aromatic heterocycles. The maximum atomic E-state index is 9.93. The highest BCUT2D eigenvalue weighted by molar-refractivity contribution is 5.22.